The molecule has 1 amide bonds. The van der Waals surface area contributed by atoms with Gasteiger partial charge in [-0.15, -0.1) is 0 Å². The van der Waals surface area contributed by atoms with E-state index in [4.69, 9.17) is 10.00 Å². The molecule has 1 N–H and O–H groups in total. The van der Waals surface area contributed by atoms with Crippen LogP contribution in [0.5, 0.6) is 5.75 Å². The molecule has 106 valence electrons. The molecule has 0 radical (unpaired) electrons. The van der Waals surface area contributed by atoms with E-state index in [2.05, 4.69) is 5.32 Å². The SMILES string of the molecule is CCOc1ccc(C#N)cc1NC(=O)c1cccc(F)c1. The van der Waals surface area contributed by atoms with Gasteiger partial charge in [0.15, 0.2) is 0 Å². The third-order valence-electron chi connectivity index (χ3n) is 2.74. The van der Waals surface area contributed by atoms with Gasteiger partial charge in [0.25, 0.3) is 5.91 Å². The predicted octanol–water partition coefficient (Wildman–Crippen LogP) is 3.35. The van der Waals surface area contributed by atoms with Crippen molar-refractivity contribution in [3.8, 4) is 11.8 Å². The van der Waals surface area contributed by atoms with E-state index in [0.29, 0.717) is 23.6 Å². The number of rotatable bonds is 4. The van der Waals surface area contributed by atoms with Gasteiger partial charge in [-0.3, -0.25) is 4.79 Å². The van der Waals surface area contributed by atoms with Crippen molar-refractivity contribution >= 4 is 11.6 Å². The highest BCUT2D eigenvalue weighted by Gasteiger charge is 2.11. The summed E-state index contributed by atoms with van der Waals surface area (Å²) in [5, 5.41) is 11.5. The zero-order valence-electron chi connectivity index (χ0n) is 11.4. The van der Waals surface area contributed by atoms with E-state index >= 15 is 0 Å². The summed E-state index contributed by atoms with van der Waals surface area (Å²) in [6.45, 7) is 2.24. The molecule has 4 nitrogen and oxygen atoms in total. The second-order valence-corrected chi connectivity index (χ2v) is 4.22. The number of nitrogens with one attached hydrogen (secondary N) is 1. The van der Waals surface area contributed by atoms with Crippen LogP contribution in [-0.2, 0) is 0 Å². The van der Waals surface area contributed by atoms with Gasteiger partial charge in [-0.1, -0.05) is 6.07 Å². The van der Waals surface area contributed by atoms with E-state index in [0.717, 1.165) is 6.07 Å². The molecular formula is C16H13FN2O2. The number of carbonyl (C=O) groups excluding carboxylic acids is 1. The van der Waals surface area contributed by atoms with Crippen LogP contribution in [0.3, 0.4) is 0 Å². The maximum atomic E-state index is 13.1. The minimum atomic E-state index is -0.488. The first-order valence-electron chi connectivity index (χ1n) is 6.38. The molecule has 0 unspecified atom stereocenters. The van der Waals surface area contributed by atoms with Gasteiger partial charge in [-0.25, -0.2) is 4.39 Å². The molecule has 0 bridgehead atoms. The quantitative estimate of drug-likeness (QED) is 0.936. The lowest BCUT2D eigenvalue weighted by molar-refractivity contribution is 0.102. The largest absolute Gasteiger partial charge is 0.492 e. The Hall–Kier alpha value is -2.87. The summed E-state index contributed by atoms with van der Waals surface area (Å²) in [6, 6.07) is 12.1. The van der Waals surface area contributed by atoms with Crippen LogP contribution < -0.4 is 10.1 Å². The van der Waals surface area contributed by atoms with Gasteiger partial charge in [0.05, 0.1) is 23.9 Å². The summed E-state index contributed by atoms with van der Waals surface area (Å²) >= 11 is 0. The minimum absolute atomic E-state index is 0.194. The van der Waals surface area contributed by atoms with Crippen LogP contribution in [-0.4, -0.2) is 12.5 Å². The zero-order chi connectivity index (χ0) is 15.2. The molecule has 2 aromatic rings. The molecule has 0 aliphatic carbocycles. The Morgan fingerprint density at radius 2 is 2.14 bits per heavy atom. The second kappa shape index (κ2) is 6.53. The molecule has 0 heterocycles. The number of hydrogen-bond acceptors (Lipinski definition) is 3. The molecule has 0 saturated heterocycles. The fourth-order valence-corrected chi connectivity index (χ4v) is 1.80. The van der Waals surface area contributed by atoms with Gasteiger partial charge < -0.3 is 10.1 Å². The summed E-state index contributed by atoms with van der Waals surface area (Å²) in [5.41, 5.74) is 0.970. The molecule has 0 aliphatic rings. The topological polar surface area (TPSA) is 62.1 Å². The molecule has 0 aliphatic heterocycles. The van der Waals surface area contributed by atoms with Crippen molar-refractivity contribution in [3.05, 3.63) is 59.4 Å². The van der Waals surface area contributed by atoms with E-state index in [9.17, 15) is 9.18 Å². The summed E-state index contributed by atoms with van der Waals surface area (Å²) in [7, 11) is 0. The van der Waals surface area contributed by atoms with Crippen molar-refractivity contribution in [1.29, 1.82) is 5.26 Å². The standard InChI is InChI=1S/C16H13FN2O2/c1-2-21-15-7-6-11(10-18)8-14(15)19-16(20)12-4-3-5-13(17)9-12/h3-9H,2H2,1H3,(H,19,20). The van der Waals surface area contributed by atoms with Gasteiger partial charge in [0.1, 0.15) is 11.6 Å². The lowest BCUT2D eigenvalue weighted by Crippen LogP contribution is -2.13. The Morgan fingerprint density at radius 1 is 1.33 bits per heavy atom. The fourth-order valence-electron chi connectivity index (χ4n) is 1.80. The van der Waals surface area contributed by atoms with Crippen LogP contribution >= 0.6 is 0 Å². The van der Waals surface area contributed by atoms with Crippen LogP contribution in [0.1, 0.15) is 22.8 Å². The first-order chi connectivity index (χ1) is 10.1. The number of benzene rings is 2. The lowest BCUT2D eigenvalue weighted by atomic mass is 10.1. The van der Waals surface area contributed by atoms with Crippen LogP contribution in [0.2, 0.25) is 0 Å². The van der Waals surface area contributed by atoms with E-state index < -0.39 is 11.7 Å². The number of nitrogens with zero attached hydrogens (tertiary/aromatic N) is 1. The number of hydrogen-bond donors (Lipinski definition) is 1. The number of ether oxygens (including phenoxy) is 1. The number of nitriles is 1. The molecule has 0 saturated carbocycles. The van der Waals surface area contributed by atoms with Gasteiger partial charge in [0, 0.05) is 5.56 Å². The van der Waals surface area contributed by atoms with E-state index in [1.54, 1.807) is 12.1 Å². The molecule has 2 rings (SSSR count). The summed E-state index contributed by atoms with van der Waals surface area (Å²) < 4.78 is 18.5. The number of carbonyl (C=O) groups is 1. The fraction of sp³-hybridized carbons (Fsp3) is 0.125. The van der Waals surface area contributed by atoms with E-state index in [1.807, 2.05) is 13.0 Å². The second-order valence-electron chi connectivity index (χ2n) is 4.22. The van der Waals surface area contributed by atoms with Gasteiger partial charge in [0.2, 0.25) is 0 Å². The molecule has 0 aromatic heterocycles. The molecule has 2 aromatic carbocycles. The predicted molar refractivity (Wildman–Crippen MR) is 76.7 cm³/mol. The van der Waals surface area contributed by atoms with Gasteiger partial charge in [-0.2, -0.15) is 5.26 Å². The Bertz CT molecular complexity index is 708. The van der Waals surface area contributed by atoms with Gasteiger partial charge >= 0.3 is 0 Å². The number of anilines is 1. The molecule has 5 heteroatoms. The van der Waals surface area contributed by atoms with Crippen molar-refractivity contribution in [1.82, 2.24) is 0 Å². The van der Waals surface area contributed by atoms with E-state index in [-0.39, 0.29) is 5.56 Å². The van der Waals surface area contributed by atoms with Gasteiger partial charge in [-0.05, 0) is 43.3 Å². The van der Waals surface area contributed by atoms with Crippen molar-refractivity contribution < 1.29 is 13.9 Å². The van der Waals surface area contributed by atoms with Crippen LogP contribution in [0.4, 0.5) is 10.1 Å². The monoisotopic (exact) mass is 284 g/mol. The summed E-state index contributed by atoms with van der Waals surface area (Å²) in [4.78, 5) is 12.1. The molecule has 0 fully saturated rings. The third kappa shape index (κ3) is 3.57. The molecular weight excluding hydrogens is 271 g/mol. The van der Waals surface area contributed by atoms with Crippen molar-refractivity contribution in [2.45, 2.75) is 6.92 Å². The summed E-state index contributed by atoms with van der Waals surface area (Å²) in [5.74, 6) is -0.495. The molecule has 0 spiro atoms. The first-order valence-corrected chi connectivity index (χ1v) is 6.38. The highest BCUT2D eigenvalue weighted by Crippen LogP contribution is 2.26. The Labute approximate surface area is 121 Å². The Balaban J connectivity index is 2.29. The van der Waals surface area contributed by atoms with Crippen molar-refractivity contribution in [2.24, 2.45) is 0 Å². The van der Waals surface area contributed by atoms with Crippen LogP contribution in [0.15, 0.2) is 42.5 Å². The maximum Gasteiger partial charge on any atom is 0.255 e. The highest BCUT2D eigenvalue weighted by atomic mass is 19.1. The van der Waals surface area contributed by atoms with E-state index in [1.165, 1.54) is 24.3 Å². The van der Waals surface area contributed by atoms with Crippen molar-refractivity contribution in [2.75, 3.05) is 11.9 Å². The summed E-state index contributed by atoms with van der Waals surface area (Å²) in [6.07, 6.45) is 0. The number of halogens is 1. The van der Waals surface area contributed by atoms with Crippen LogP contribution in [0.25, 0.3) is 0 Å². The average molecular weight is 284 g/mol. The Morgan fingerprint density at radius 3 is 2.81 bits per heavy atom. The Kier molecular flexibility index (Phi) is 4.52. The van der Waals surface area contributed by atoms with Crippen molar-refractivity contribution in [3.63, 3.8) is 0 Å². The number of amides is 1. The normalized spacial score (nSPS) is 9.76. The smallest absolute Gasteiger partial charge is 0.255 e. The minimum Gasteiger partial charge on any atom is -0.492 e. The average Bonchev–Trinajstić information content (AvgIpc) is 2.49. The zero-order valence-corrected chi connectivity index (χ0v) is 11.4. The molecule has 0 atom stereocenters. The van der Waals surface area contributed by atoms with Crippen LogP contribution in [0, 0.1) is 17.1 Å². The first kappa shape index (κ1) is 14.5. The third-order valence-corrected chi connectivity index (χ3v) is 2.74. The highest BCUT2D eigenvalue weighted by molar-refractivity contribution is 6.05. The molecule has 21 heavy (non-hydrogen) atoms. The maximum absolute atomic E-state index is 13.1. The lowest BCUT2D eigenvalue weighted by Gasteiger charge is -2.12.